The Balaban J connectivity index is 1.68. The van der Waals surface area contributed by atoms with Gasteiger partial charge in [-0.1, -0.05) is 33.1 Å². The van der Waals surface area contributed by atoms with Crippen molar-refractivity contribution in [2.45, 2.75) is 83.3 Å². The minimum Gasteiger partial charge on any atom is -0.354 e. The molecule has 1 amide bonds. The van der Waals surface area contributed by atoms with Crippen molar-refractivity contribution in [2.24, 2.45) is 4.99 Å². The van der Waals surface area contributed by atoms with E-state index < -0.39 is 0 Å². The first-order valence-corrected chi connectivity index (χ1v) is 10.6. The van der Waals surface area contributed by atoms with Crippen LogP contribution in [-0.2, 0) is 17.8 Å². The van der Waals surface area contributed by atoms with Crippen molar-refractivity contribution in [3.05, 3.63) is 11.6 Å². The van der Waals surface area contributed by atoms with Gasteiger partial charge in [0.2, 0.25) is 5.91 Å². The molecule has 2 aliphatic rings. The highest BCUT2D eigenvalue weighted by molar-refractivity contribution is 5.85. The molecular weight excluding hydrogens is 354 g/mol. The second-order valence-electron chi connectivity index (χ2n) is 8.55. The summed E-state index contributed by atoms with van der Waals surface area (Å²) in [6.07, 6.45) is 8.06. The van der Waals surface area contributed by atoms with Gasteiger partial charge in [0, 0.05) is 45.1 Å². The summed E-state index contributed by atoms with van der Waals surface area (Å²) in [5.74, 6) is 3.24. The quantitative estimate of drug-likeness (QED) is 0.591. The third kappa shape index (κ3) is 5.23. The summed E-state index contributed by atoms with van der Waals surface area (Å²) in [6.45, 7) is 5.30. The van der Waals surface area contributed by atoms with Crippen LogP contribution in [0.15, 0.2) is 4.99 Å². The Morgan fingerprint density at radius 3 is 2.54 bits per heavy atom. The number of aryl methyl sites for hydroxylation is 1. The van der Waals surface area contributed by atoms with Crippen molar-refractivity contribution >= 4 is 11.9 Å². The molecular formula is C20H35N7O. The van der Waals surface area contributed by atoms with Crippen molar-refractivity contribution < 1.29 is 4.79 Å². The first kappa shape index (κ1) is 20.6. The van der Waals surface area contributed by atoms with Crippen LogP contribution in [-0.4, -0.2) is 64.3 Å². The molecule has 1 aliphatic carbocycles. The number of amides is 1. The van der Waals surface area contributed by atoms with Gasteiger partial charge in [-0.2, -0.15) is 0 Å². The molecule has 8 heteroatoms. The van der Waals surface area contributed by atoms with Crippen molar-refractivity contribution in [1.82, 2.24) is 30.3 Å². The van der Waals surface area contributed by atoms with Gasteiger partial charge in [-0.15, -0.1) is 10.2 Å². The molecule has 156 valence electrons. The van der Waals surface area contributed by atoms with E-state index in [0.29, 0.717) is 12.0 Å². The average molecular weight is 390 g/mol. The van der Waals surface area contributed by atoms with Gasteiger partial charge in [0.05, 0.1) is 0 Å². The van der Waals surface area contributed by atoms with E-state index in [4.69, 9.17) is 0 Å². The lowest BCUT2D eigenvalue weighted by molar-refractivity contribution is -0.127. The Bertz CT molecular complexity index is 689. The monoisotopic (exact) mass is 389 g/mol. The fraction of sp³-hybridized carbons (Fsp3) is 0.800. The van der Waals surface area contributed by atoms with Gasteiger partial charge in [0.15, 0.2) is 5.96 Å². The number of hydrogen-bond acceptors (Lipinski definition) is 4. The fourth-order valence-corrected chi connectivity index (χ4v) is 3.95. The molecule has 1 unspecified atom stereocenters. The van der Waals surface area contributed by atoms with E-state index in [2.05, 4.69) is 44.2 Å². The maximum absolute atomic E-state index is 12.0. The lowest BCUT2D eigenvalue weighted by atomic mass is 9.96. The topological polar surface area (TPSA) is 87.4 Å². The summed E-state index contributed by atoms with van der Waals surface area (Å²) >= 11 is 0. The Morgan fingerprint density at radius 2 is 1.86 bits per heavy atom. The van der Waals surface area contributed by atoms with E-state index in [0.717, 1.165) is 37.0 Å². The zero-order valence-electron chi connectivity index (χ0n) is 17.7. The molecule has 28 heavy (non-hydrogen) atoms. The summed E-state index contributed by atoms with van der Waals surface area (Å²) in [7, 11) is 3.53. The average Bonchev–Trinajstić information content (AvgIpc) is 3.10. The van der Waals surface area contributed by atoms with Gasteiger partial charge in [-0.3, -0.25) is 4.79 Å². The predicted molar refractivity (Wildman–Crippen MR) is 110 cm³/mol. The molecule has 1 atom stereocenters. The number of nitrogens with zero attached hydrogens (tertiary/aromatic N) is 5. The summed E-state index contributed by atoms with van der Waals surface area (Å²) in [6, 6.07) is 0.694. The van der Waals surface area contributed by atoms with Gasteiger partial charge in [0.25, 0.3) is 0 Å². The van der Waals surface area contributed by atoms with Crippen LogP contribution in [0.3, 0.4) is 0 Å². The van der Waals surface area contributed by atoms with Crippen LogP contribution in [0.25, 0.3) is 0 Å². The largest absolute Gasteiger partial charge is 0.354 e. The molecule has 1 saturated carbocycles. The van der Waals surface area contributed by atoms with Gasteiger partial charge in [-0.05, 0) is 19.3 Å². The second kappa shape index (κ2) is 9.39. The molecule has 0 spiro atoms. The number of rotatable bonds is 5. The van der Waals surface area contributed by atoms with E-state index in [9.17, 15) is 4.79 Å². The van der Waals surface area contributed by atoms with Crippen LogP contribution in [0.4, 0.5) is 0 Å². The molecule has 1 aliphatic heterocycles. The number of carbonyl (C=O) groups excluding carboxylic acids is 1. The number of aromatic nitrogens is 3. The molecule has 1 aromatic heterocycles. The number of aliphatic imine (C=N–C) groups is 1. The number of likely N-dealkylation sites (N-methyl/N-ethyl adjacent to an activating group) is 1. The maximum Gasteiger partial charge on any atom is 0.243 e. The first-order valence-electron chi connectivity index (χ1n) is 10.6. The van der Waals surface area contributed by atoms with Crippen LogP contribution in [0.2, 0.25) is 0 Å². The molecule has 0 saturated heterocycles. The number of carbonyl (C=O) groups is 1. The molecule has 2 N–H and O–H groups in total. The van der Waals surface area contributed by atoms with Crippen molar-refractivity contribution in [3.8, 4) is 0 Å². The van der Waals surface area contributed by atoms with Crippen LogP contribution >= 0.6 is 0 Å². The Labute approximate surface area is 168 Å². The Kier molecular flexibility index (Phi) is 6.91. The van der Waals surface area contributed by atoms with Gasteiger partial charge >= 0.3 is 0 Å². The fourth-order valence-electron chi connectivity index (χ4n) is 3.95. The molecule has 0 bridgehead atoms. The molecule has 1 aromatic rings. The number of hydrogen-bond donors (Lipinski definition) is 2. The van der Waals surface area contributed by atoms with E-state index in [-0.39, 0.29) is 18.5 Å². The van der Waals surface area contributed by atoms with Gasteiger partial charge < -0.3 is 20.1 Å². The number of guanidine groups is 1. The van der Waals surface area contributed by atoms with Crippen LogP contribution in [0, 0.1) is 0 Å². The van der Waals surface area contributed by atoms with E-state index in [1.54, 1.807) is 19.0 Å². The summed E-state index contributed by atoms with van der Waals surface area (Å²) < 4.78 is 2.25. The van der Waals surface area contributed by atoms with Gasteiger partial charge in [0.1, 0.15) is 18.2 Å². The predicted octanol–water partition coefficient (Wildman–Crippen LogP) is 1.67. The molecule has 8 nitrogen and oxygen atoms in total. The van der Waals surface area contributed by atoms with Crippen molar-refractivity contribution in [1.29, 1.82) is 0 Å². The number of nitrogens with one attached hydrogen (secondary N) is 2. The minimum atomic E-state index is 0.0107. The normalized spacial score (nSPS) is 20.8. The number of fused-ring (bicyclic) bond motifs is 1. The van der Waals surface area contributed by atoms with E-state index in [1.807, 2.05) is 0 Å². The molecule has 2 heterocycles. The highest BCUT2D eigenvalue weighted by atomic mass is 16.2. The highest BCUT2D eigenvalue weighted by Crippen LogP contribution is 2.20. The second-order valence-corrected chi connectivity index (χ2v) is 8.55. The Morgan fingerprint density at radius 1 is 1.14 bits per heavy atom. The van der Waals surface area contributed by atoms with E-state index >= 15 is 0 Å². The van der Waals surface area contributed by atoms with Crippen LogP contribution in [0.1, 0.15) is 69.9 Å². The molecule has 0 radical (unpaired) electrons. The molecule has 1 fully saturated rings. The zero-order valence-corrected chi connectivity index (χ0v) is 17.7. The SMILES string of the molecule is CC(C)c1nnc2n1CC(NC(=NCC(=O)N(C)C)NC1CCCCC1)CC2. The molecule has 3 rings (SSSR count). The van der Waals surface area contributed by atoms with Crippen molar-refractivity contribution in [3.63, 3.8) is 0 Å². The summed E-state index contributed by atoms with van der Waals surface area (Å²) in [5.41, 5.74) is 0. The summed E-state index contributed by atoms with van der Waals surface area (Å²) in [4.78, 5) is 18.2. The maximum atomic E-state index is 12.0. The lowest BCUT2D eigenvalue weighted by Gasteiger charge is -2.30. The third-order valence-electron chi connectivity index (χ3n) is 5.65. The van der Waals surface area contributed by atoms with Crippen LogP contribution < -0.4 is 10.6 Å². The minimum absolute atomic E-state index is 0.0107. The zero-order chi connectivity index (χ0) is 20.1. The van der Waals surface area contributed by atoms with Gasteiger partial charge in [-0.25, -0.2) is 4.99 Å². The lowest BCUT2D eigenvalue weighted by Crippen LogP contribution is -2.50. The smallest absolute Gasteiger partial charge is 0.243 e. The first-order chi connectivity index (χ1) is 13.4. The third-order valence-corrected chi connectivity index (χ3v) is 5.65. The van der Waals surface area contributed by atoms with E-state index in [1.165, 1.54) is 32.1 Å². The van der Waals surface area contributed by atoms with Crippen molar-refractivity contribution in [2.75, 3.05) is 20.6 Å². The molecule has 0 aromatic carbocycles. The Hall–Kier alpha value is -2.12. The van der Waals surface area contributed by atoms with Crippen LogP contribution in [0.5, 0.6) is 0 Å². The standard InChI is InChI=1S/C20H35N7O/c1-14(2)19-25-24-17-11-10-16(13-27(17)19)23-20(21-12-18(28)26(3)4)22-15-8-6-5-7-9-15/h14-16H,5-13H2,1-4H3,(H2,21,22,23). The highest BCUT2D eigenvalue weighted by Gasteiger charge is 2.25. The summed E-state index contributed by atoms with van der Waals surface area (Å²) in [5, 5.41) is 15.9.